The van der Waals surface area contributed by atoms with Crippen LogP contribution in [0.2, 0.25) is 0 Å². The summed E-state index contributed by atoms with van der Waals surface area (Å²) in [7, 11) is -1.06. The van der Waals surface area contributed by atoms with Gasteiger partial charge in [0, 0.05) is 22.5 Å². The minimum atomic E-state index is -1.06. The van der Waals surface area contributed by atoms with E-state index in [9.17, 15) is 9.00 Å². The van der Waals surface area contributed by atoms with Gasteiger partial charge in [0.1, 0.15) is 5.78 Å². The Morgan fingerprint density at radius 2 is 1.75 bits per heavy atom. The van der Waals surface area contributed by atoms with E-state index in [2.05, 4.69) is 0 Å². The average Bonchev–Trinajstić information content (AvgIpc) is 2.25. The zero-order valence-electron chi connectivity index (χ0n) is 10.0. The summed E-state index contributed by atoms with van der Waals surface area (Å²) in [6.07, 6.45) is 0.380. The van der Waals surface area contributed by atoms with E-state index in [1.165, 1.54) is 0 Å². The summed E-state index contributed by atoms with van der Waals surface area (Å²) in [5, 5.41) is 0. The quantitative estimate of drug-likeness (QED) is 0.808. The summed E-state index contributed by atoms with van der Waals surface area (Å²) in [5.41, 5.74) is -0.332. The van der Waals surface area contributed by atoms with Crippen molar-refractivity contribution in [2.75, 3.05) is 5.75 Å². The molecule has 0 radical (unpaired) electrons. The molecule has 0 aromatic heterocycles. The molecule has 3 heteroatoms. The molecule has 16 heavy (non-hydrogen) atoms. The van der Waals surface area contributed by atoms with Crippen molar-refractivity contribution in [1.82, 2.24) is 0 Å². The lowest BCUT2D eigenvalue weighted by Crippen LogP contribution is -2.21. The van der Waals surface area contributed by atoms with Gasteiger partial charge in [-0.1, -0.05) is 39.0 Å². The highest BCUT2D eigenvalue weighted by atomic mass is 32.2. The Labute approximate surface area is 99.5 Å². The van der Waals surface area contributed by atoms with Crippen LogP contribution < -0.4 is 0 Å². The average molecular weight is 238 g/mol. The number of carbonyl (C=O) groups is 1. The topological polar surface area (TPSA) is 34.1 Å². The van der Waals surface area contributed by atoms with Gasteiger partial charge in [0.25, 0.3) is 0 Å². The van der Waals surface area contributed by atoms with Crippen molar-refractivity contribution >= 4 is 16.6 Å². The van der Waals surface area contributed by atoms with Gasteiger partial charge in [-0.3, -0.25) is 9.00 Å². The monoisotopic (exact) mass is 238 g/mol. The lowest BCUT2D eigenvalue weighted by Gasteiger charge is -2.15. The van der Waals surface area contributed by atoms with Crippen LogP contribution in [-0.2, 0) is 15.6 Å². The maximum Gasteiger partial charge on any atom is 0.139 e. The molecule has 0 bridgehead atoms. The zero-order chi connectivity index (χ0) is 12.2. The Hall–Kier alpha value is -0.960. The summed E-state index contributed by atoms with van der Waals surface area (Å²) >= 11 is 0. The van der Waals surface area contributed by atoms with Gasteiger partial charge in [0.15, 0.2) is 0 Å². The molecule has 1 atom stereocenters. The minimum Gasteiger partial charge on any atom is -0.299 e. The second kappa shape index (κ2) is 5.39. The molecule has 0 amide bonds. The van der Waals surface area contributed by atoms with Crippen LogP contribution in [0.25, 0.3) is 0 Å². The van der Waals surface area contributed by atoms with E-state index < -0.39 is 10.8 Å². The predicted octanol–water partition coefficient (Wildman–Crippen LogP) is 2.80. The van der Waals surface area contributed by atoms with E-state index >= 15 is 0 Å². The predicted molar refractivity (Wildman–Crippen MR) is 66.8 cm³/mol. The van der Waals surface area contributed by atoms with Crippen molar-refractivity contribution in [3.05, 3.63) is 30.3 Å². The number of ketones is 1. The summed E-state index contributed by atoms with van der Waals surface area (Å²) in [5.74, 6) is 0.580. The Bertz CT molecular complexity index is 377. The summed E-state index contributed by atoms with van der Waals surface area (Å²) in [6, 6.07) is 9.27. The first-order valence-corrected chi connectivity index (χ1v) is 6.70. The van der Waals surface area contributed by atoms with Gasteiger partial charge in [-0.25, -0.2) is 0 Å². The highest BCUT2D eigenvalue weighted by Gasteiger charge is 2.21. The number of carbonyl (C=O) groups excluding carboxylic acids is 1. The third-order valence-corrected chi connectivity index (χ3v) is 3.73. The molecule has 1 aromatic rings. The Balaban J connectivity index is 2.52. The van der Waals surface area contributed by atoms with Gasteiger partial charge >= 0.3 is 0 Å². The molecule has 1 unspecified atom stereocenters. The van der Waals surface area contributed by atoms with Crippen molar-refractivity contribution in [3.63, 3.8) is 0 Å². The molecular weight excluding hydrogens is 220 g/mol. The lowest BCUT2D eigenvalue weighted by molar-refractivity contribution is -0.125. The summed E-state index contributed by atoms with van der Waals surface area (Å²) in [4.78, 5) is 12.5. The molecule has 1 aromatic carbocycles. The molecule has 0 aliphatic heterocycles. The number of hydrogen-bond acceptors (Lipinski definition) is 2. The van der Waals surface area contributed by atoms with Gasteiger partial charge in [0.05, 0.1) is 10.8 Å². The molecule has 0 spiro atoms. The molecule has 0 fully saturated rings. The fourth-order valence-electron chi connectivity index (χ4n) is 1.25. The Kier molecular flexibility index (Phi) is 4.42. The summed E-state index contributed by atoms with van der Waals surface area (Å²) < 4.78 is 11.8. The molecule has 2 nitrogen and oxygen atoms in total. The van der Waals surface area contributed by atoms with Gasteiger partial charge in [-0.2, -0.15) is 0 Å². The van der Waals surface area contributed by atoms with Crippen molar-refractivity contribution in [2.24, 2.45) is 5.41 Å². The maximum absolute atomic E-state index is 11.8. The Morgan fingerprint density at radius 1 is 1.19 bits per heavy atom. The van der Waals surface area contributed by atoms with E-state index in [-0.39, 0.29) is 11.2 Å². The zero-order valence-corrected chi connectivity index (χ0v) is 10.8. The van der Waals surface area contributed by atoms with Crippen molar-refractivity contribution in [2.45, 2.75) is 32.1 Å². The molecule has 88 valence electrons. The smallest absolute Gasteiger partial charge is 0.139 e. The van der Waals surface area contributed by atoms with E-state index in [4.69, 9.17) is 0 Å². The van der Waals surface area contributed by atoms with E-state index in [1.54, 1.807) is 0 Å². The van der Waals surface area contributed by atoms with Crippen LogP contribution in [0.15, 0.2) is 35.2 Å². The van der Waals surface area contributed by atoms with Gasteiger partial charge < -0.3 is 0 Å². The van der Waals surface area contributed by atoms with Crippen LogP contribution in [0.1, 0.15) is 27.2 Å². The molecule has 0 N–H and O–H groups in total. The maximum atomic E-state index is 11.8. The first-order valence-electron chi connectivity index (χ1n) is 5.38. The van der Waals surface area contributed by atoms with Gasteiger partial charge in [-0.05, 0) is 12.1 Å². The first kappa shape index (κ1) is 13.1. The molecule has 1 rings (SSSR count). The van der Waals surface area contributed by atoms with Gasteiger partial charge in [-0.15, -0.1) is 0 Å². The molecule has 0 saturated heterocycles. The highest BCUT2D eigenvalue weighted by molar-refractivity contribution is 7.85. The third kappa shape index (κ3) is 3.89. The summed E-state index contributed by atoms with van der Waals surface area (Å²) in [6.45, 7) is 5.67. The van der Waals surface area contributed by atoms with E-state index in [1.807, 2.05) is 51.1 Å². The van der Waals surface area contributed by atoms with Crippen LogP contribution in [0, 0.1) is 5.41 Å². The fraction of sp³-hybridized carbons (Fsp3) is 0.462. The minimum absolute atomic E-state index is 0.164. The first-order chi connectivity index (χ1) is 7.41. The lowest BCUT2D eigenvalue weighted by atomic mass is 9.89. The molecule has 0 saturated carbocycles. The normalized spacial score (nSPS) is 13.4. The van der Waals surface area contributed by atoms with Crippen molar-refractivity contribution < 1.29 is 9.00 Å². The van der Waals surface area contributed by atoms with Crippen molar-refractivity contribution in [3.8, 4) is 0 Å². The molecular formula is C13H18O2S. The van der Waals surface area contributed by atoms with Crippen LogP contribution in [0.3, 0.4) is 0 Å². The molecule has 0 aliphatic rings. The number of Topliss-reactive ketones (excluding diaryl/α,β-unsaturated/α-hetero) is 1. The van der Waals surface area contributed by atoms with Crippen LogP contribution in [0.5, 0.6) is 0 Å². The second-order valence-corrected chi connectivity index (χ2v) is 6.36. The van der Waals surface area contributed by atoms with E-state index in [0.29, 0.717) is 12.2 Å². The SMILES string of the molecule is CC(C)(C)C(=O)CCS(=O)c1ccccc1. The fourth-order valence-corrected chi connectivity index (χ4v) is 2.32. The highest BCUT2D eigenvalue weighted by Crippen LogP contribution is 2.17. The largest absolute Gasteiger partial charge is 0.299 e. The number of benzene rings is 1. The van der Waals surface area contributed by atoms with E-state index in [0.717, 1.165) is 4.90 Å². The number of rotatable bonds is 4. The van der Waals surface area contributed by atoms with Crippen LogP contribution in [0.4, 0.5) is 0 Å². The standard InChI is InChI=1S/C13H18O2S/c1-13(2,3)12(14)9-10-16(15)11-7-5-4-6-8-11/h4-8H,9-10H2,1-3H3. The van der Waals surface area contributed by atoms with Crippen LogP contribution in [-0.4, -0.2) is 15.7 Å². The Morgan fingerprint density at radius 3 is 2.25 bits per heavy atom. The number of hydrogen-bond donors (Lipinski definition) is 0. The second-order valence-electron chi connectivity index (χ2n) is 4.79. The molecule has 0 aliphatic carbocycles. The third-order valence-electron chi connectivity index (χ3n) is 2.36. The van der Waals surface area contributed by atoms with Crippen molar-refractivity contribution in [1.29, 1.82) is 0 Å². The van der Waals surface area contributed by atoms with Gasteiger partial charge in [0.2, 0.25) is 0 Å². The molecule has 0 heterocycles. The van der Waals surface area contributed by atoms with Crippen LogP contribution >= 0.6 is 0 Å².